The van der Waals surface area contributed by atoms with Crippen molar-refractivity contribution in [3.63, 3.8) is 0 Å². The predicted molar refractivity (Wildman–Crippen MR) is 161 cm³/mol. The summed E-state index contributed by atoms with van der Waals surface area (Å²) in [6.45, 7) is 5.80. The van der Waals surface area contributed by atoms with Crippen molar-refractivity contribution in [2.45, 2.75) is 50.0 Å². The number of hydrogen-bond donors (Lipinski definition) is 3. The fourth-order valence-electron chi connectivity index (χ4n) is 5.53. The molecule has 5 rings (SSSR count). The van der Waals surface area contributed by atoms with Crippen LogP contribution < -0.4 is 5.32 Å². The maximum atomic E-state index is 12.1. The van der Waals surface area contributed by atoms with Crippen molar-refractivity contribution >= 4 is 23.4 Å². The Labute approximate surface area is 251 Å². The van der Waals surface area contributed by atoms with Crippen LogP contribution in [0.5, 0.6) is 0 Å². The number of carbonyl (C=O) groups excluding carboxylic acids is 1. The van der Waals surface area contributed by atoms with Crippen molar-refractivity contribution in [1.82, 2.24) is 4.90 Å². The minimum absolute atomic E-state index is 0.0213. The van der Waals surface area contributed by atoms with Crippen LogP contribution in [0.15, 0.2) is 85.5 Å². The lowest BCUT2D eigenvalue weighted by molar-refractivity contribution is -0.253. The SMILES string of the molecule is C=CCOC(=O)Nc1cccc([C@@H]2O[C@H](CN3CCC(O)(c4ccc(Cl)cc4)CC3)C[C@H](c3ccc(CO)cc3)O2)c1. The molecular weight excluding hydrogens is 556 g/mol. The average Bonchev–Trinajstić information content (AvgIpc) is 3.01. The van der Waals surface area contributed by atoms with E-state index in [1.807, 2.05) is 66.7 Å². The van der Waals surface area contributed by atoms with E-state index in [2.05, 4.69) is 16.8 Å². The number of ether oxygens (including phenoxy) is 3. The second-order valence-electron chi connectivity index (χ2n) is 10.8. The number of carbonyl (C=O) groups is 1. The molecule has 0 spiro atoms. The Bertz CT molecular complexity index is 1340. The van der Waals surface area contributed by atoms with Crippen molar-refractivity contribution in [3.05, 3.63) is 113 Å². The normalized spacial score (nSPS) is 22.3. The van der Waals surface area contributed by atoms with Crippen LogP contribution in [-0.4, -0.2) is 53.6 Å². The molecule has 3 atom stereocenters. The van der Waals surface area contributed by atoms with Crippen LogP contribution in [0.2, 0.25) is 5.02 Å². The van der Waals surface area contributed by atoms with Crippen molar-refractivity contribution in [1.29, 1.82) is 0 Å². The molecule has 2 saturated heterocycles. The summed E-state index contributed by atoms with van der Waals surface area (Å²) in [5.41, 5.74) is 3.19. The van der Waals surface area contributed by atoms with Crippen LogP contribution in [0, 0.1) is 0 Å². The largest absolute Gasteiger partial charge is 0.445 e. The molecule has 2 aliphatic heterocycles. The van der Waals surface area contributed by atoms with E-state index in [1.54, 1.807) is 6.07 Å². The Morgan fingerprint density at radius 3 is 2.50 bits per heavy atom. The molecule has 0 aliphatic carbocycles. The quantitative estimate of drug-likeness (QED) is 0.258. The molecule has 0 aromatic heterocycles. The predicted octanol–water partition coefficient (Wildman–Crippen LogP) is 6.10. The van der Waals surface area contributed by atoms with Crippen LogP contribution in [0.1, 0.15) is 53.9 Å². The van der Waals surface area contributed by atoms with Gasteiger partial charge in [-0.1, -0.05) is 72.8 Å². The highest BCUT2D eigenvalue weighted by Gasteiger charge is 2.37. The first-order valence-electron chi connectivity index (χ1n) is 14.2. The molecule has 0 radical (unpaired) electrons. The summed E-state index contributed by atoms with van der Waals surface area (Å²) in [6.07, 6.45) is 1.79. The molecule has 2 aliphatic rings. The third-order valence-electron chi connectivity index (χ3n) is 7.88. The number of hydrogen-bond acceptors (Lipinski definition) is 7. The molecule has 0 bridgehead atoms. The van der Waals surface area contributed by atoms with Gasteiger partial charge in [-0.2, -0.15) is 0 Å². The Kier molecular flexibility index (Phi) is 9.95. The zero-order chi connectivity index (χ0) is 29.5. The van der Waals surface area contributed by atoms with Crippen LogP contribution in [0.25, 0.3) is 0 Å². The third kappa shape index (κ3) is 7.58. The van der Waals surface area contributed by atoms with Crippen molar-refractivity contribution in [3.8, 4) is 0 Å². The fourth-order valence-corrected chi connectivity index (χ4v) is 5.65. The second kappa shape index (κ2) is 13.8. The number of nitrogens with one attached hydrogen (secondary N) is 1. The summed E-state index contributed by atoms with van der Waals surface area (Å²) >= 11 is 6.05. The Morgan fingerprint density at radius 1 is 1.07 bits per heavy atom. The molecule has 0 saturated carbocycles. The summed E-state index contributed by atoms with van der Waals surface area (Å²) in [5.74, 6) is 0. The van der Waals surface area contributed by atoms with Gasteiger partial charge in [0.25, 0.3) is 0 Å². The highest BCUT2D eigenvalue weighted by molar-refractivity contribution is 6.30. The fraction of sp³-hybridized carbons (Fsp3) is 0.364. The number of amides is 1. The van der Waals surface area contributed by atoms with Gasteiger partial charge in [0.15, 0.2) is 6.29 Å². The number of piperidine rings is 1. The topological polar surface area (TPSA) is 100 Å². The first-order chi connectivity index (χ1) is 20.3. The molecule has 3 N–H and O–H groups in total. The molecule has 8 nitrogen and oxygen atoms in total. The number of rotatable bonds is 9. The van der Waals surface area contributed by atoms with Crippen LogP contribution in [0.3, 0.4) is 0 Å². The van der Waals surface area contributed by atoms with E-state index in [1.165, 1.54) is 6.08 Å². The van der Waals surface area contributed by atoms with E-state index in [-0.39, 0.29) is 25.4 Å². The molecule has 2 heterocycles. The van der Waals surface area contributed by atoms with Crippen molar-refractivity contribution in [2.75, 3.05) is 31.6 Å². The first-order valence-corrected chi connectivity index (χ1v) is 14.6. The lowest BCUT2D eigenvalue weighted by Gasteiger charge is -2.42. The zero-order valence-electron chi connectivity index (χ0n) is 23.5. The highest BCUT2D eigenvalue weighted by atomic mass is 35.5. The molecule has 222 valence electrons. The van der Waals surface area contributed by atoms with Gasteiger partial charge in [0.2, 0.25) is 0 Å². The summed E-state index contributed by atoms with van der Waals surface area (Å²) in [4.78, 5) is 14.4. The Balaban J connectivity index is 1.30. The van der Waals surface area contributed by atoms with Gasteiger partial charge in [-0.25, -0.2) is 4.79 Å². The van der Waals surface area contributed by atoms with Crippen LogP contribution in [-0.2, 0) is 26.4 Å². The molecular formula is C33H37ClN2O6. The Morgan fingerprint density at radius 2 is 1.81 bits per heavy atom. The van der Waals surface area contributed by atoms with Gasteiger partial charge >= 0.3 is 6.09 Å². The van der Waals surface area contributed by atoms with Gasteiger partial charge in [0.05, 0.1) is 24.4 Å². The number of nitrogens with zero attached hydrogens (tertiary/aromatic N) is 1. The molecule has 3 aromatic rings. The zero-order valence-corrected chi connectivity index (χ0v) is 24.2. The summed E-state index contributed by atoms with van der Waals surface area (Å²) < 4.78 is 18.0. The van der Waals surface area contributed by atoms with Gasteiger partial charge in [0.1, 0.15) is 6.61 Å². The van der Waals surface area contributed by atoms with E-state index in [9.17, 15) is 15.0 Å². The van der Waals surface area contributed by atoms with Gasteiger partial charge in [-0.15, -0.1) is 0 Å². The number of aliphatic hydroxyl groups is 2. The number of anilines is 1. The number of halogens is 1. The first kappa shape index (κ1) is 30.2. The maximum Gasteiger partial charge on any atom is 0.411 e. The van der Waals surface area contributed by atoms with Crippen molar-refractivity contribution < 1.29 is 29.2 Å². The van der Waals surface area contributed by atoms with Gasteiger partial charge < -0.3 is 29.3 Å². The summed E-state index contributed by atoms with van der Waals surface area (Å²) in [7, 11) is 0. The van der Waals surface area contributed by atoms with E-state index >= 15 is 0 Å². The number of likely N-dealkylation sites (tertiary alicyclic amines) is 1. The number of aliphatic hydroxyl groups excluding tert-OH is 1. The second-order valence-corrected chi connectivity index (χ2v) is 11.3. The molecule has 2 fully saturated rings. The number of benzene rings is 3. The summed E-state index contributed by atoms with van der Waals surface area (Å²) in [6, 6.07) is 22.6. The molecule has 1 amide bonds. The smallest absolute Gasteiger partial charge is 0.411 e. The van der Waals surface area contributed by atoms with Crippen LogP contribution >= 0.6 is 11.6 Å². The lowest BCUT2D eigenvalue weighted by Crippen LogP contribution is -2.46. The summed E-state index contributed by atoms with van der Waals surface area (Å²) in [5, 5.41) is 24.2. The molecule has 9 heteroatoms. The van der Waals surface area contributed by atoms with Crippen LogP contribution in [0.4, 0.5) is 10.5 Å². The maximum absolute atomic E-state index is 12.1. The van der Waals surface area contributed by atoms with Gasteiger partial charge in [-0.3, -0.25) is 5.32 Å². The monoisotopic (exact) mass is 592 g/mol. The van der Waals surface area contributed by atoms with E-state index < -0.39 is 18.0 Å². The molecule has 42 heavy (non-hydrogen) atoms. The average molecular weight is 593 g/mol. The minimum atomic E-state index is -0.878. The van der Waals surface area contributed by atoms with E-state index in [4.69, 9.17) is 25.8 Å². The Hall–Kier alpha value is -3.24. The van der Waals surface area contributed by atoms with Gasteiger partial charge in [0, 0.05) is 42.3 Å². The standard InChI is InChI=1S/C33H37ClN2O6/c1-2-18-40-32(38)35-28-5-3-4-25(19-28)31-41-29(20-30(42-31)24-8-6-23(22-37)7-9-24)21-36-16-14-33(39,15-17-36)26-10-12-27(34)13-11-26/h2-13,19,29-31,37,39H,1,14-18,20-22H2,(H,35,38)/t29-,30+,31+/m0/s1. The van der Waals surface area contributed by atoms with Crippen molar-refractivity contribution in [2.24, 2.45) is 0 Å². The molecule has 3 aromatic carbocycles. The van der Waals surface area contributed by atoms with E-state index in [0.717, 1.165) is 35.3 Å². The van der Waals surface area contributed by atoms with E-state index in [0.29, 0.717) is 36.5 Å². The molecule has 0 unspecified atom stereocenters. The lowest BCUT2D eigenvalue weighted by atomic mass is 9.84. The third-order valence-corrected chi connectivity index (χ3v) is 8.13. The van der Waals surface area contributed by atoms with Gasteiger partial charge in [-0.05, 0) is 53.8 Å². The minimum Gasteiger partial charge on any atom is -0.445 e. The highest BCUT2D eigenvalue weighted by Crippen LogP contribution is 2.40.